The summed E-state index contributed by atoms with van der Waals surface area (Å²) in [7, 11) is 0. The van der Waals surface area contributed by atoms with E-state index in [1.54, 1.807) is 6.07 Å². The molecule has 0 saturated heterocycles. The average Bonchev–Trinajstić information content (AvgIpc) is 2.47. The average molecular weight is 291 g/mol. The van der Waals surface area contributed by atoms with Crippen LogP contribution in [-0.2, 0) is 0 Å². The molecule has 1 aromatic rings. The molecule has 0 amide bonds. The fraction of sp³-hybridized carbons (Fsp3) is 0.684. The molecule has 1 saturated carbocycles. The Labute approximate surface area is 129 Å². The van der Waals surface area contributed by atoms with Gasteiger partial charge in [-0.25, -0.2) is 4.39 Å². The lowest BCUT2D eigenvalue weighted by Crippen LogP contribution is -2.35. The molecule has 2 rings (SSSR count). The van der Waals surface area contributed by atoms with Crippen molar-refractivity contribution < 1.29 is 4.39 Å². The molecule has 3 atom stereocenters. The molecule has 3 unspecified atom stereocenters. The van der Waals surface area contributed by atoms with Crippen LogP contribution in [0.25, 0.3) is 0 Å². The van der Waals surface area contributed by atoms with E-state index in [9.17, 15) is 4.39 Å². The SMILES string of the molecule is CCC1CCC(CNC(C)C)C(c2ccc(F)c(C)c2)C1. The molecule has 0 aliphatic heterocycles. The predicted octanol–water partition coefficient (Wildman–Crippen LogP) is 5.04. The molecule has 0 bridgehead atoms. The van der Waals surface area contributed by atoms with E-state index in [-0.39, 0.29) is 5.82 Å². The summed E-state index contributed by atoms with van der Waals surface area (Å²) in [4.78, 5) is 0. The molecular formula is C19H30FN. The van der Waals surface area contributed by atoms with Crippen LogP contribution in [0.2, 0.25) is 0 Å². The van der Waals surface area contributed by atoms with Crippen LogP contribution in [0.1, 0.15) is 63.5 Å². The van der Waals surface area contributed by atoms with Crippen LogP contribution in [0, 0.1) is 24.6 Å². The second-order valence-corrected chi connectivity index (χ2v) is 7.03. The van der Waals surface area contributed by atoms with Gasteiger partial charge in [-0.1, -0.05) is 45.7 Å². The van der Waals surface area contributed by atoms with Crippen molar-refractivity contribution in [3.05, 3.63) is 35.1 Å². The van der Waals surface area contributed by atoms with Crippen LogP contribution in [-0.4, -0.2) is 12.6 Å². The zero-order valence-electron chi connectivity index (χ0n) is 14.0. The van der Waals surface area contributed by atoms with Gasteiger partial charge in [0.25, 0.3) is 0 Å². The van der Waals surface area contributed by atoms with Crippen molar-refractivity contribution in [3.63, 3.8) is 0 Å². The van der Waals surface area contributed by atoms with Crippen molar-refractivity contribution in [2.45, 2.75) is 65.3 Å². The molecule has 0 radical (unpaired) electrons. The summed E-state index contributed by atoms with van der Waals surface area (Å²) in [6.45, 7) is 9.66. The lowest BCUT2D eigenvalue weighted by Gasteiger charge is -2.37. The predicted molar refractivity (Wildman–Crippen MR) is 88.1 cm³/mol. The van der Waals surface area contributed by atoms with E-state index in [0.717, 1.165) is 18.0 Å². The molecule has 21 heavy (non-hydrogen) atoms. The first-order chi connectivity index (χ1) is 10.0. The first-order valence-corrected chi connectivity index (χ1v) is 8.50. The highest BCUT2D eigenvalue weighted by Gasteiger charge is 2.31. The Bertz CT molecular complexity index is 455. The lowest BCUT2D eigenvalue weighted by molar-refractivity contribution is 0.222. The summed E-state index contributed by atoms with van der Waals surface area (Å²) >= 11 is 0. The van der Waals surface area contributed by atoms with E-state index >= 15 is 0 Å². The molecule has 1 aliphatic rings. The Morgan fingerprint density at radius 3 is 2.67 bits per heavy atom. The number of halogens is 1. The molecule has 1 fully saturated rings. The maximum absolute atomic E-state index is 13.5. The lowest BCUT2D eigenvalue weighted by atomic mass is 9.70. The van der Waals surface area contributed by atoms with Gasteiger partial charge >= 0.3 is 0 Å². The van der Waals surface area contributed by atoms with Crippen molar-refractivity contribution in [1.82, 2.24) is 5.32 Å². The van der Waals surface area contributed by atoms with Crippen LogP contribution in [0.5, 0.6) is 0 Å². The molecule has 0 aromatic heterocycles. The summed E-state index contributed by atoms with van der Waals surface area (Å²) in [5.41, 5.74) is 2.12. The number of nitrogens with one attached hydrogen (secondary N) is 1. The van der Waals surface area contributed by atoms with Crippen molar-refractivity contribution >= 4 is 0 Å². The van der Waals surface area contributed by atoms with E-state index in [2.05, 4.69) is 32.2 Å². The minimum atomic E-state index is -0.0848. The van der Waals surface area contributed by atoms with Gasteiger partial charge in [-0.2, -0.15) is 0 Å². The molecule has 0 heterocycles. The van der Waals surface area contributed by atoms with Gasteiger partial charge < -0.3 is 5.32 Å². The number of hydrogen-bond donors (Lipinski definition) is 1. The Hall–Kier alpha value is -0.890. The molecule has 1 N–H and O–H groups in total. The topological polar surface area (TPSA) is 12.0 Å². The van der Waals surface area contributed by atoms with Crippen molar-refractivity contribution in [2.24, 2.45) is 11.8 Å². The van der Waals surface area contributed by atoms with Gasteiger partial charge in [-0.3, -0.25) is 0 Å². The highest BCUT2D eigenvalue weighted by Crippen LogP contribution is 2.41. The molecule has 1 aromatic carbocycles. The molecule has 1 nitrogen and oxygen atoms in total. The third kappa shape index (κ3) is 4.29. The van der Waals surface area contributed by atoms with Crippen LogP contribution >= 0.6 is 0 Å². The maximum Gasteiger partial charge on any atom is 0.126 e. The quantitative estimate of drug-likeness (QED) is 0.801. The fourth-order valence-electron chi connectivity index (χ4n) is 3.63. The van der Waals surface area contributed by atoms with E-state index in [1.807, 2.05) is 13.0 Å². The largest absolute Gasteiger partial charge is 0.314 e. The fourth-order valence-corrected chi connectivity index (χ4v) is 3.63. The Morgan fingerprint density at radius 2 is 2.05 bits per heavy atom. The standard InChI is InChI=1S/C19H30FN/c1-5-15-6-7-17(12-21-13(2)3)18(11-15)16-8-9-19(20)14(4)10-16/h8-10,13,15,17-18,21H,5-7,11-12H2,1-4H3. The summed E-state index contributed by atoms with van der Waals surface area (Å²) in [6, 6.07) is 6.26. The monoisotopic (exact) mass is 291 g/mol. The van der Waals surface area contributed by atoms with Gasteiger partial charge in [0.1, 0.15) is 5.82 Å². The van der Waals surface area contributed by atoms with Crippen molar-refractivity contribution in [3.8, 4) is 0 Å². The second-order valence-electron chi connectivity index (χ2n) is 7.03. The summed E-state index contributed by atoms with van der Waals surface area (Å²) < 4.78 is 13.5. The molecular weight excluding hydrogens is 261 g/mol. The Balaban J connectivity index is 2.17. The van der Waals surface area contributed by atoms with Gasteiger partial charge in [-0.05, 0) is 61.3 Å². The second kappa shape index (κ2) is 7.40. The van der Waals surface area contributed by atoms with E-state index < -0.39 is 0 Å². The number of rotatable bonds is 5. The third-order valence-corrected chi connectivity index (χ3v) is 5.08. The van der Waals surface area contributed by atoms with Crippen LogP contribution in [0.4, 0.5) is 4.39 Å². The smallest absolute Gasteiger partial charge is 0.126 e. The molecule has 2 heteroatoms. The third-order valence-electron chi connectivity index (χ3n) is 5.08. The highest BCUT2D eigenvalue weighted by molar-refractivity contribution is 5.28. The summed E-state index contributed by atoms with van der Waals surface area (Å²) in [5, 5.41) is 3.60. The number of aryl methyl sites for hydroxylation is 1. The van der Waals surface area contributed by atoms with E-state index in [0.29, 0.717) is 17.9 Å². The first kappa shape index (κ1) is 16.5. The molecule has 0 spiro atoms. The van der Waals surface area contributed by atoms with Crippen LogP contribution < -0.4 is 5.32 Å². The van der Waals surface area contributed by atoms with E-state index in [4.69, 9.17) is 0 Å². The van der Waals surface area contributed by atoms with Crippen LogP contribution in [0.15, 0.2) is 18.2 Å². The minimum Gasteiger partial charge on any atom is -0.314 e. The molecule has 1 aliphatic carbocycles. The zero-order valence-corrected chi connectivity index (χ0v) is 14.0. The Morgan fingerprint density at radius 1 is 1.29 bits per heavy atom. The van der Waals surface area contributed by atoms with Gasteiger partial charge in [0.2, 0.25) is 0 Å². The van der Waals surface area contributed by atoms with E-state index in [1.165, 1.54) is 31.2 Å². The normalized spacial score (nSPS) is 26.3. The summed E-state index contributed by atoms with van der Waals surface area (Å²) in [5.74, 6) is 2.00. The van der Waals surface area contributed by atoms with Gasteiger partial charge in [-0.15, -0.1) is 0 Å². The molecule has 118 valence electrons. The Kier molecular flexibility index (Phi) is 5.80. The van der Waals surface area contributed by atoms with Crippen molar-refractivity contribution in [2.75, 3.05) is 6.54 Å². The zero-order chi connectivity index (χ0) is 15.4. The first-order valence-electron chi connectivity index (χ1n) is 8.50. The van der Waals surface area contributed by atoms with Crippen molar-refractivity contribution in [1.29, 1.82) is 0 Å². The van der Waals surface area contributed by atoms with Gasteiger partial charge in [0.05, 0.1) is 0 Å². The van der Waals surface area contributed by atoms with Gasteiger partial charge in [0.15, 0.2) is 0 Å². The summed E-state index contributed by atoms with van der Waals surface area (Å²) in [6.07, 6.45) is 5.16. The van der Waals surface area contributed by atoms with Crippen LogP contribution in [0.3, 0.4) is 0 Å². The number of benzene rings is 1. The van der Waals surface area contributed by atoms with Gasteiger partial charge in [0, 0.05) is 6.04 Å². The highest BCUT2D eigenvalue weighted by atomic mass is 19.1. The maximum atomic E-state index is 13.5. The minimum absolute atomic E-state index is 0.0848. The number of hydrogen-bond acceptors (Lipinski definition) is 1.